The zero-order valence-corrected chi connectivity index (χ0v) is 12.3. The molecule has 0 radical (unpaired) electrons. The highest BCUT2D eigenvalue weighted by Crippen LogP contribution is 2.24. The van der Waals surface area contributed by atoms with Crippen LogP contribution in [-0.2, 0) is 0 Å². The maximum absolute atomic E-state index is 4.51. The fourth-order valence-corrected chi connectivity index (χ4v) is 3.21. The van der Waals surface area contributed by atoms with Gasteiger partial charge in [0, 0.05) is 17.6 Å². The van der Waals surface area contributed by atoms with Gasteiger partial charge in [-0.2, -0.15) is 0 Å². The highest BCUT2D eigenvalue weighted by atomic mass is 32.1. The number of thiazole rings is 1. The first kappa shape index (κ1) is 13.1. The number of hydrogen-bond acceptors (Lipinski definition) is 4. The van der Waals surface area contributed by atoms with E-state index in [4.69, 9.17) is 0 Å². The Morgan fingerprint density at radius 3 is 2.89 bits per heavy atom. The molecule has 2 aromatic heterocycles. The highest BCUT2D eigenvalue weighted by Gasteiger charge is 2.08. The molecule has 2 rings (SSSR count). The van der Waals surface area contributed by atoms with E-state index in [-0.39, 0.29) is 0 Å². The number of allylic oxidation sites excluding steroid dienone is 1. The molecular formula is C13H17N3S2. The van der Waals surface area contributed by atoms with Crippen LogP contribution in [0.4, 0.5) is 0 Å². The quantitative estimate of drug-likeness (QED) is 0.889. The number of rotatable bonds is 5. The van der Waals surface area contributed by atoms with E-state index in [1.54, 1.807) is 22.7 Å². The molecule has 0 aromatic carbocycles. The van der Waals surface area contributed by atoms with Crippen molar-refractivity contribution in [2.75, 3.05) is 12.0 Å². The van der Waals surface area contributed by atoms with Crippen LogP contribution in [0.25, 0.3) is 10.6 Å². The molecule has 2 heterocycles. The number of nitrogens with one attached hydrogen (secondary N) is 1. The minimum absolute atomic E-state index is 0.782. The van der Waals surface area contributed by atoms with Gasteiger partial charge in [0.05, 0.1) is 10.6 Å². The summed E-state index contributed by atoms with van der Waals surface area (Å²) in [5.74, 6) is 0. The molecule has 0 saturated heterocycles. The van der Waals surface area contributed by atoms with Crippen molar-refractivity contribution in [2.24, 2.45) is 4.99 Å². The molecule has 0 aliphatic heterocycles. The van der Waals surface area contributed by atoms with Crippen molar-refractivity contribution in [3.8, 4) is 10.6 Å². The van der Waals surface area contributed by atoms with Crippen LogP contribution in [-0.4, -0.2) is 11.2 Å². The fraction of sp³-hybridized carbons (Fsp3) is 0.308. The number of aromatic nitrogens is 1. The Morgan fingerprint density at radius 1 is 1.44 bits per heavy atom. The van der Waals surface area contributed by atoms with Gasteiger partial charge in [0.25, 0.3) is 0 Å². The van der Waals surface area contributed by atoms with E-state index in [0.29, 0.717) is 0 Å². The molecule has 0 aliphatic rings. The SMILES string of the molecule is C=C(CC)Nn1c(-c2cccs2)csc1=NCC. The summed E-state index contributed by atoms with van der Waals surface area (Å²) in [7, 11) is 0. The third kappa shape index (κ3) is 2.73. The van der Waals surface area contributed by atoms with E-state index in [2.05, 4.69) is 46.8 Å². The summed E-state index contributed by atoms with van der Waals surface area (Å²) >= 11 is 3.38. The van der Waals surface area contributed by atoms with Crippen LogP contribution in [0.1, 0.15) is 20.3 Å². The summed E-state index contributed by atoms with van der Waals surface area (Å²) in [4.78, 5) is 6.73. The van der Waals surface area contributed by atoms with Crippen LogP contribution in [0.3, 0.4) is 0 Å². The van der Waals surface area contributed by atoms with Gasteiger partial charge in [0.1, 0.15) is 0 Å². The molecule has 0 spiro atoms. The van der Waals surface area contributed by atoms with E-state index in [0.717, 1.165) is 29.2 Å². The Balaban J connectivity index is 2.47. The molecule has 0 bridgehead atoms. The third-order valence-corrected chi connectivity index (χ3v) is 4.23. The van der Waals surface area contributed by atoms with Crippen molar-refractivity contribution in [3.63, 3.8) is 0 Å². The summed E-state index contributed by atoms with van der Waals surface area (Å²) < 4.78 is 2.03. The lowest BCUT2D eigenvalue weighted by Crippen LogP contribution is -2.25. The van der Waals surface area contributed by atoms with Gasteiger partial charge >= 0.3 is 0 Å². The summed E-state index contributed by atoms with van der Waals surface area (Å²) in [6, 6.07) is 4.18. The lowest BCUT2D eigenvalue weighted by atomic mass is 10.4. The van der Waals surface area contributed by atoms with Gasteiger partial charge in [0.15, 0.2) is 0 Å². The van der Waals surface area contributed by atoms with E-state index >= 15 is 0 Å². The molecule has 0 amide bonds. The summed E-state index contributed by atoms with van der Waals surface area (Å²) in [5.41, 5.74) is 5.47. The monoisotopic (exact) mass is 279 g/mol. The second-order valence-corrected chi connectivity index (χ2v) is 5.54. The molecule has 0 fully saturated rings. The molecule has 18 heavy (non-hydrogen) atoms. The second kappa shape index (κ2) is 6.02. The fourth-order valence-electron chi connectivity index (χ4n) is 1.50. The molecule has 3 nitrogen and oxygen atoms in total. The topological polar surface area (TPSA) is 29.3 Å². The number of thiophene rings is 1. The van der Waals surface area contributed by atoms with Crippen LogP contribution in [0.15, 0.2) is 40.2 Å². The minimum atomic E-state index is 0.782. The Kier molecular flexibility index (Phi) is 4.38. The first-order valence-corrected chi connectivity index (χ1v) is 7.71. The Morgan fingerprint density at radius 2 is 2.28 bits per heavy atom. The minimum Gasteiger partial charge on any atom is -0.296 e. The highest BCUT2D eigenvalue weighted by molar-refractivity contribution is 7.14. The smallest absolute Gasteiger partial charge is 0.204 e. The molecule has 0 saturated carbocycles. The largest absolute Gasteiger partial charge is 0.296 e. The average Bonchev–Trinajstić information content (AvgIpc) is 3.00. The lowest BCUT2D eigenvalue weighted by molar-refractivity contribution is 0.846. The first-order chi connectivity index (χ1) is 8.76. The van der Waals surface area contributed by atoms with Gasteiger partial charge in [-0.15, -0.1) is 22.7 Å². The number of hydrogen-bond donors (Lipinski definition) is 1. The van der Waals surface area contributed by atoms with Gasteiger partial charge in [-0.25, -0.2) is 4.68 Å². The average molecular weight is 279 g/mol. The molecule has 5 heteroatoms. The van der Waals surface area contributed by atoms with Gasteiger partial charge in [0.2, 0.25) is 4.80 Å². The predicted molar refractivity (Wildman–Crippen MR) is 80.5 cm³/mol. The Hall–Kier alpha value is -1.33. The van der Waals surface area contributed by atoms with Gasteiger partial charge in [-0.1, -0.05) is 19.6 Å². The van der Waals surface area contributed by atoms with Crippen molar-refractivity contribution in [1.29, 1.82) is 0 Å². The van der Waals surface area contributed by atoms with E-state index < -0.39 is 0 Å². The maximum Gasteiger partial charge on any atom is 0.204 e. The van der Waals surface area contributed by atoms with Crippen molar-refractivity contribution in [3.05, 3.63) is 40.0 Å². The van der Waals surface area contributed by atoms with Crippen molar-refractivity contribution in [1.82, 2.24) is 4.68 Å². The second-order valence-electron chi connectivity index (χ2n) is 3.76. The third-order valence-electron chi connectivity index (χ3n) is 2.47. The van der Waals surface area contributed by atoms with E-state index in [9.17, 15) is 0 Å². The van der Waals surface area contributed by atoms with E-state index in [1.165, 1.54) is 4.88 Å². The Labute approximate surface area is 115 Å². The Bertz CT molecular complexity index is 576. The van der Waals surface area contributed by atoms with Crippen molar-refractivity contribution < 1.29 is 0 Å². The molecular weight excluding hydrogens is 262 g/mol. The molecule has 0 unspecified atom stereocenters. The van der Waals surface area contributed by atoms with Crippen LogP contribution in [0, 0.1) is 0 Å². The zero-order valence-electron chi connectivity index (χ0n) is 10.6. The standard InChI is InChI=1S/C13H17N3S2/c1-4-10(3)15-16-11(12-7-6-8-17-12)9-18-13(16)14-5-2/h6-9,15H,3-5H2,1-2H3. The molecule has 0 atom stereocenters. The zero-order chi connectivity index (χ0) is 13.0. The predicted octanol–water partition coefficient (Wildman–Crippen LogP) is 3.67. The molecule has 96 valence electrons. The summed E-state index contributed by atoms with van der Waals surface area (Å²) in [6.07, 6.45) is 0.901. The van der Waals surface area contributed by atoms with Gasteiger partial charge in [-0.3, -0.25) is 10.4 Å². The van der Waals surface area contributed by atoms with E-state index in [1.807, 2.05) is 11.6 Å². The normalized spacial score (nSPS) is 11.8. The van der Waals surface area contributed by atoms with Crippen LogP contribution in [0.2, 0.25) is 0 Å². The summed E-state index contributed by atoms with van der Waals surface area (Å²) in [6.45, 7) is 8.92. The van der Waals surface area contributed by atoms with Crippen LogP contribution in [0.5, 0.6) is 0 Å². The number of nitrogens with zero attached hydrogens (tertiary/aromatic N) is 2. The molecule has 1 N–H and O–H groups in total. The van der Waals surface area contributed by atoms with Crippen molar-refractivity contribution in [2.45, 2.75) is 20.3 Å². The maximum atomic E-state index is 4.51. The van der Waals surface area contributed by atoms with Gasteiger partial charge < -0.3 is 0 Å². The lowest BCUT2D eigenvalue weighted by Gasteiger charge is -2.11. The van der Waals surface area contributed by atoms with Crippen molar-refractivity contribution >= 4 is 22.7 Å². The summed E-state index contributed by atoms with van der Waals surface area (Å²) in [5, 5.41) is 4.22. The van der Waals surface area contributed by atoms with Crippen LogP contribution >= 0.6 is 22.7 Å². The van der Waals surface area contributed by atoms with Gasteiger partial charge in [-0.05, 0) is 24.8 Å². The first-order valence-electron chi connectivity index (χ1n) is 5.96. The van der Waals surface area contributed by atoms with Crippen LogP contribution < -0.4 is 10.2 Å². The molecule has 2 aromatic rings. The molecule has 0 aliphatic carbocycles.